The van der Waals surface area contributed by atoms with E-state index in [1.54, 1.807) is 17.7 Å². The van der Waals surface area contributed by atoms with Crippen LogP contribution in [0.5, 0.6) is 0 Å². The van der Waals surface area contributed by atoms with Crippen molar-refractivity contribution in [3.05, 3.63) is 65.9 Å². The van der Waals surface area contributed by atoms with Crippen molar-refractivity contribution < 1.29 is 13.2 Å². The van der Waals surface area contributed by atoms with Crippen molar-refractivity contribution in [1.82, 2.24) is 29.4 Å². The van der Waals surface area contributed by atoms with Gasteiger partial charge in [-0.05, 0) is 30.9 Å². The van der Waals surface area contributed by atoms with Crippen molar-refractivity contribution in [1.29, 1.82) is 0 Å². The number of piperidine rings is 1. The lowest BCUT2D eigenvalue weighted by Gasteiger charge is -2.42. The molecule has 1 aliphatic heterocycles. The second-order valence-electron chi connectivity index (χ2n) is 8.28. The van der Waals surface area contributed by atoms with Crippen molar-refractivity contribution in [3.8, 4) is 0 Å². The Hall–Kier alpha value is -2.98. The maximum atomic E-state index is 13.3. The monoisotopic (exact) mass is 456 g/mol. The number of nitrogens with one attached hydrogen (secondary N) is 2. The van der Waals surface area contributed by atoms with E-state index >= 15 is 0 Å². The zero-order valence-electron chi connectivity index (χ0n) is 18.3. The van der Waals surface area contributed by atoms with Crippen LogP contribution < -0.4 is 5.32 Å². The molecule has 1 aromatic carbocycles. The van der Waals surface area contributed by atoms with Crippen LogP contribution >= 0.6 is 0 Å². The van der Waals surface area contributed by atoms with Gasteiger partial charge in [0.2, 0.25) is 0 Å². The third-order valence-corrected chi connectivity index (χ3v) is 7.78. The number of amides is 1. The van der Waals surface area contributed by atoms with Crippen LogP contribution in [0.1, 0.15) is 41.5 Å². The minimum atomic E-state index is -3.74. The highest BCUT2D eigenvalue weighted by atomic mass is 32.2. The maximum absolute atomic E-state index is 13.3. The van der Waals surface area contributed by atoms with Crippen LogP contribution in [0.4, 0.5) is 0 Å². The average molecular weight is 457 g/mol. The topological polar surface area (TPSA) is 113 Å². The highest BCUT2D eigenvalue weighted by Crippen LogP contribution is 2.36. The predicted octanol–water partition coefficient (Wildman–Crippen LogP) is 1.86. The van der Waals surface area contributed by atoms with Crippen LogP contribution in [0, 0.1) is 0 Å². The Morgan fingerprint density at radius 2 is 2.06 bits per heavy atom. The molecular weight excluding hydrogens is 428 g/mol. The SMILES string of the molecule is CCc1cc(C(=O)NCC2(c3ccccc3)CCCN(S(=O)(=O)c3cn(C)cn3)C2)n[nH]1. The van der Waals surface area contributed by atoms with Gasteiger partial charge in [0, 0.05) is 44.0 Å². The molecule has 0 spiro atoms. The molecule has 2 N–H and O–H groups in total. The number of aromatic nitrogens is 4. The van der Waals surface area contributed by atoms with Crippen LogP contribution in [0.3, 0.4) is 0 Å². The smallest absolute Gasteiger partial charge is 0.271 e. The number of aromatic amines is 1. The van der Waals surface area contributed by atoms with Gasteiger partial charge in [-0.2, -0.15) is 9.40 Å². The Balaban J connectivity index is 1.61. The molecule has 0 aliphatic carbocycles. The molecule has 1 unspecified atom stereocenters. The third kappa shape index (κ3) is 4.33. The standard InChI is InChI=1S/C22H28N6O3S/c1-3-18-12-19(26-25-18)21(29)23-14-22(17-8-5-4-6-9-17)10-7-11-28(15-22)32(30,31)20-13-27(2)16-24-20/h4-6,8-9,12-13,16H,3,7,10-11,14-15H2,1-2H3,(H,23,29)(H,25,26). The van der Waals surface area contributed by atoms with Gasteiger partial charge < -0.3 is 9.88 Å². The second kappa shape index (κ2) is 8.87. The fraction of sp³-hybridized carbons (Fsp3) is 0.409. The van der Waals surface area contributed by atoms with Crippen LogP contribution in [0.2, 0.25) is 0 Å². The van der Waals surface area contributed by atoms with Crippen molar-refractivity contribution in [2.45, 2.75) is 36.6 Å². The molecule has 2 aromatic heterocycles. The Labute approximate surface area is 187 Å². The summed E-state index contributed by atoms with van der Waals surface area (Å²) in [5, 5.41) is 9.98. The molecule has 3 heterocycles. The van der Waals surface area contributed by atoms with Gasteiger partial charge in [0.15, 0.2) is 5.03 Å². The molecule has 0 bridgehead atoms. The van der Waals surface area contributed by atoms with E-state index in [0.717, 1.165) is 24.1 Å². The van der Waals surface area contributed by atoms with Crippen molar-refractivity contribution in [2.24, 2.45) is 7.05 Å². The van der Waals surface area contributed by atoms with Crippen LogP contribution in [-0.2, 0) is 28.9 Å². The molecule has 10 heteroatoms. The lowest BCUT2D eigenvalue weighted by Crippen LogP contribution is -2.53. The zero-order chi connectivity index (χ0) is 22.8. The Morgan fingerprint density at radius 3 is 2.72 bits per heavy atom. The zero-order valence-corrected chi connectivity index (χ0v) is 19.1. The van der Waals surface area contributed by atoms with E-state index in [0.29, 0.717) is 25.2 Å². The summed E-state index contributed by atoms with van der Waals surface area (Å²) in [4.78, 5) is 16.8. The van der Waals surface area contributed by atoms with E-state index in [4.69, 9.17) is 0 Å². The molecule has 1 aliphatic rings. The number of imidazole rings is 1. The molecule has 1 saturated heterocycles. The summed E-state index contributed by atoms with van der Waals surface area (Å²) in [5.41, 5.74) is 1.66. The molecule has 1 atom stereocenters. The molecule has 4 rings (SSSR count). The molecule has 170 valence electrons. The van der Waals surface area contributed by atoms with E-state index in [-0.39, 0.29) is 17.5 Å². The third-order valence-electron chi connectivity index (χ3n) is 6.05. The fourth-order valence-electron chi connectivity index (χ4n) is 4.22. The molecule has 32 heavy (non-hydrogen) atoms. The van der Waals surface area contributed by atoms with Crippen LogP contribution in [0.25, 0.3) is 0 Å². The molecule has 9 nitrogen and oxygen atoms in total. The first-order valence-electron chi connectivity index (χ1n) is 10.7. The summed E-state index contributed by atoms with van der Waals surface area (Å²) in [6, 6.07) is 11.5. The van der Waals surface area contributed by atoms with E-state index in [9.17, 15) is 13.2 Å². The van der Waals surface area contributed by atoms with Crippen LogP contribution in [0.15, 0.2) is 53.9 Å². The number of hydrogen-bond donors (Lipinski definition) is 2. The molecule has 1 amide bonds. The Morgan fingerprint density at radius 1 is 1.28 bits per heavy atom. The van der Waals surface area contributed by atoms with Gasteiger partial charge in [-0.15, -0.1) is 0 Å². The minimum Gasteiger partial charge on any atom is -0.350 e. The molecule has 0 saturated carbocycles. The summed E-state index contributed by atoms with van der Waals surface area (Å²) < 4.78 is 29.6. The Kier molecular flexibility index (Phi) is 6.16. The minimum absolute atomic E-state index is 0.0384. The first kappa shape index (κ1) is 22.2. The summed E-state index contributed by atoms with van der Waals surface area (Å²) in [7, 11) is -2.00. The number of carbonyl (C=O) groups excluding carboxylic acids is 1. The van der Waals surface area contributed by atoms with Gasteiger partial charge in [-0.3, -0.25) is 9.89 Å². The number of sulfonamides is 1. The normalized spacial score (nSPS) is 19.7. The lowest BCUT2D eigenvalue weighted by atomic mass is 9.74. The number of H-pyrrole nitrogens is 1. The lowest BCUT2D eigenvalue weighted by molar-refractivity contribution is 0.0927. The highest BCUT2D eigenvalue weighted by molar-refractivity contribution is 7.89. The van der Waals surface area contributed by atoms with Gasteiger partial charge in [0.25, 0.3) is 15.9 Å². The maximum Gasteiger partial charge on any atom is 0.271 e. The van der Waals surface area contributed by atoms with E-state index in [2.05, 4.69) is 20.5 Å². The highest BCUT2D eigenvalue weighted by Gasteiger charge is 2.42. The molecule has 3 aromatic rings. The predicted molar refractivity (Wildman–Crippen MR) is 120 cm³/mol. The van der Waals surface area contributed by atoms with Gasteiger partial charge in [0.05, 0.1) is 6.33 Å². The van der Waals surface area contributed by atoms with Crippen LogP contribution in [-0.4, -0.2) is 58.0 Å². The average Bonchev–Trinajstić information content (AvgIpc) is 3.48. The summed E-state index contributed by atoms with van der Waals surface area (Å²) in [6.45, 7) is 2.97. The molecular formula is C22H28N6O3S. The van der Waals surface area contributed by atoms with E-state index in [1.165, 1.54) is 16.8 Å². The molecule has 1 fully saturated rings. The number of rotatable bonds is 7. The Bertz CT molecular complexity index is 1190. The first-order valence-corrected chi connectivity index (χ1v) is 12.1. The van der Waals surface area contributed by atoms with Gasteiger partial charge in [-0.1, -0.05) is 37.3 Å². The summed E-state index contributed by atoms with van der Waals surface area (Å²) in [5.74, 6) is -0.277. The number of nitrogens with zero attached hydrogens (tertiary/aromatic N) is 4. The fourth-order valence-corrected chi connectivity index (χ4v) is 5.75. The second-order valence-corrected chi connectivity index (χ2v) is 10.2. The summed E-state index contributed by atoms with van der Waals surface area (Å²) in [6.07, 6.45) is 5.19. The molecule has 0 radical (unpaired) electrons. The van der Waals surface area contributed by atoms with Gasteiger partial charge in [-0.25, -0.2) is 13.4 Å². The van der Waals surface area contributed by atoms with Gasteiger partial charge >= 0.3 is 0 Å². The van der Waals surface area contributed by atoms with Crippen molar-refractivity contribution >= 4 is 15.9 Å². The number of benzene rings is 1. The number of carbonyl (C=O) groups is 1. The first-order chi connectivity index (χ1) is 15.3. The number of hydrogen-bond acceptors (Lipinski definition) is 5. The van der Waals surface area contributed by atoms with E-state index < -0.39 is 15.4 Å². The van der Waals surface area contributed by atoms with E-state index in [1.807, 2.05) is 37.3 Å². The quantitative estimate of drug-likeness (QED) is 0.563. The largest absolute Gasteiger partial charge is 0.350 e. The van der Waals surface area contributed by atoms with Crippen molar-refractivity contribution in [2.75, 3.05) is 19.6 Å². The summed E-state index contributed by atoms with van der Waals surface area (Å²) >= 11 is 0. The van der Waals surface area contributed by atoms with Crippen molar-refractivity contribution in [3.63, 3.8) is 0 Å². The number of aryl methyl sites for hydroxylation is 2. The van der Waals surface area contributed by atoms with Gasteiger partial charge in [0.1, 0.15) is 5.69 Å².